The molecule has 10 nitrogen and oxygen atoms in total. The van der Waals surface area contributed by atoms with E-state index in [0.717, 1.165) is 5.82 Å². The van der Waals surface area contributed by atoms with Crippen LogP contribution in [0.1, 0.15) is 54.3 Å². The number of hydrogen-bond donors (Lipinski definition) is 2. The summed E-state index contributed by atoms with van der Waals surface area (Å²) in [4.78, 5) is 23.3. The van der Waals surface area contributed by atoms with Crippen molar-refractivity contribution in [1.29, 1.82) is 0 Å². The van der Waals surface area contributed by atoms with Crippen LogP contribution in [-0.2, 0) is 23.1 Å². The van der Waals surface area contributed by atoms with E-state index < -0.39 is 11.3 Å². The first kappa shape index (κ1) is 22.9. The van der Waals surface area contributed by atoms with Gasteiger partial charge in [-0.05, 0) is 48.5 Å². The van der Waals surface area contributed by atoms with Crippen LogP contribution in [0.25, 0.3) is 0 Å². The van der Waals surface area contributed by atoms with E-state index >= 15 is 0 Å². The number of aromatic nitrogens is 3. The number of hydrogen-bond acceptors (Lipinski definition) is 6. The number of guanidine groups is 1. The third kappa shape index (κ3) is 6.06. The molecule has 1 amide bonds. The Morgan fingerprint density at radius 2 is 2.07 bits per heavy atom. The van der Waals surface area contributed by atoms with E-state index in [2.05, 4.69) is 25.7 Å². The molecule has 2 unspecified atom stereocenters. The number of carbonyl (C=O) groups is 1. The molecule has 2 rings (SSSR count). The Labute approximate surface area is 173 Å². The molecule has 1 aliphatic rings. The number of amides is 1. The molecule has 1 saturated heterocycles. The third-order valence-corrected chi connectivity index (χ3v) is 4.52. The van der Waals surface area contributed by atoms with E-state index in [1.807, 2.05) is 55.5 Å². The molecule has 2 N–H and O–H groups in total. The van der Waals surface area contributed by atoms with Gasteiger partial charge >= 0.3 is 6.09 Å². The normalized spacial score (nSPS) is 21.9. The largest absolute Gasteiger partial charge is 0.444 e. The summed E-state index contributed by atoms with van der Waals surface area (Å²) in [5.74, 6) is 1.40. The highest BCUT2D eigenvalue weighted by Gasteiger charge is 2.49. The van der Waals surface area contributed by atoms with Crippen molar-refractivity contribution in [2.45, 2.75) is 78.5 Å². The smallest absolute Gasteiger partial charge is 0.412 e. The van der Waals surface area contributed by atoms with Crippen molar-refractivity contribution < 1.29 is 14.3 Å². The van der Waals surface area contributed by atoms with Crippen LogP contribution in [0.15, 0.2) is 11.3 Å². The van der Waals surface area contributed by atoms with Gasteiger partial charge in [0.2, 0.25) is 0 Å². The lowest BCUT2D eigenvalue weighted by Gasteiger charge is -2.35. The molecule has 1 aromatic heterocycles. The van der Waals surface area contributed by atoms with Crippen molar-refractivity contribution in [3.63, 3.8) is 0 Å². The van der Waals surface area contributed by atoms with Crippen molar-refractivity contribution >= 4 is 12.1 Å². The molecule has 10 heteroatoms. The quantitative estimate of drug-likeness (QED) is 0.562. The van der Waals surface area contributed by atoms with Gasteiger partial charge in [0.15, 0.2) is 5.96 Å². The van der Waals surface area contributed by atoms with Gasteiger partial charge in [-0.2, -0.15) is 5.10 Å². The molecule has 29 heavy (non-hydrogen) atoms. The van der Waals surface area contributed by atoms with Gasteiger partial charge in [-0.25, -0.2) is 14.8 Å². The standard InChI is InChI=1S/C19H35N7O3/c1-9-20-16(22-11-15-23-12-24-25(15)8)21-10-14-13(2)28-19(6,7)26(14)17(27)29-18(3,4)5/h12-14H,9-11H2,1-8H3,(H2,20,21,22). The number of aliphatic imine (C=N–C) groups is 1. The molecule has 1 aromatic rings. The number of rotatable bonds is 5. The van der Waals surface area contributed by atoms with Gasteiger partial charge in [0.1, 0.15) is 30.0 Å². The van der Waals surface area contributed by atoms with Crippen LogP contribution >= 0.6 is 0 Å². The van der Waals surface area contributed by atoms with Crippen molar-refractivity contribution in [3.05, 3.63) is 12.2 Å². The fourth-order valence-electron chi connectivity index (χ4n) is 3.28. The van der Waals surface area contributed by atoms with Crippen LogP contribution in [-0.4, -0.2) is 68.3 Å². The van der Waals surface area contributed by atoms with Gasteiger partial charge in [0, 0.05) is 20.1 Å². The highest BCUT2D eigenvalue weighted by Crippen LogP contribution is 2.33. The van der Waals surface area contributed by atoms with Crippen LogP contribution < -0.4 is 10.6 Å². The Morgan fingerprint density at radius 3 is 2.62 bits per heavy atom. The molecule has 0 aromatic carbocycles. The first-order chi connectivity index (χ1) is 13.4. The Hall–Kier alpha value is -2.36. The minimum Gasteiger partial charge on any atom is -0.444 e. The Kier molecular flexibility index (Phi) is 7.10. The third-order valence-electron chi connectivity index (χ3n) is 4.52. The topological polar surface area (TPSA) is 106 Å². The summed E-state index contributed by atoms with van der Waals surface area (Å²) in [5, 5.41) is 10.6. The molecule has 1 aliphatic heterocycles. The zero-order chi connectivity index (χ0) is 21.8. The van der Waals surface area contributed by atoms with Gasteiger partial charge in [-0.15, -0.1) is 0 Å². The van der Waals surface area contributed by atoms with Gasteiger partial charge in [-0.3, -0.25) is 9.58 Å². The molecule has 0 bridgehead atoms. The van der Waals surface area contributed by atoms with Gasteiger partial charge in [0.05, 0.1) is 12.1 Å². The molecular weight excluding hydrogens is 374 g/mol. The molecular formula is C19H35N7O3. The second-order valence-corrected chi connectivity index (χ2v) is 8.56. The molecule has 0 spiro atoms. The number of aryl methyl sites for hydroxylation is 1. The lowest BCUT2D eigenvalue weighted by atomic mass is 10.1. The van der Waals surface area contributed by atoms with Crippen LogP contribution in [0.4, 0.5) is 4.79 Å². The maximum Gasteiger partial charge on any atom is 0.412 e. The minimum absolute atomic E-state index is 0.161. The molecule has 1 fully saturated rings. The molecule has 164 valence electrons. The first-order valence-electron chi connectivity index (χ1n) is 9.99. The monoisotopic (exact) mass is 409 g/mol. The first-order valence-corrected chi connectivity index (χ1v) is 9.99. The lowest BCUT2D eigenvalue weighted by molar-refractivity contribution is -0.0755. The summed E-state index contributed by atoms with van der Waals surface area (Å²) in [6, 6.07) is -0.210. The second-order valence-electron chi connectivity index (χ2n) is 8.56. The van der Waals surface area contributed by atoms with E-state index in [1.165, 1.54) is 6.33 Å². The summed E-state index contributed by atoms with van der Waals surface area (Å²) >= 11 is 0. The zero-order valence-electron chi connectivity index (χ0n) is 18.8. The molecule has 0 aliphatic carbocycles. The zero-order valence-corrected chi connectivity index (χ0v) is 18.8. The summed E-state index contributed by atoms with van der Waals surface area (Å²) in [6.45, 7) is 14.8. The second kappa shape index (κ2) is 8.98. The van der Waals surface area contributed by atoms with E-state index in [4.69, 9.17) is 9.47 Å². The van der Waals surface area contributed by atoms with Gasteiger partial charge in [0.25, 0.3) is 0 Å². The maximum atomic E-state index is 12.9. The minimum atomic E-state index is -0.762. The molecule has 2 heterocycles. The Balaban J connectivity index is 2.11. The number of carbonyl (C=O) groups excluding carboxylic acids is 1. The summed E-state index contributed by atoms with van der Waals surface area (Å²) in [6.07, 6.45) is 0.954. The van der Waals surface area contributed by atoms with Crippen molar-refractivity contribution in [1.82, 2.24) is 30.3 Å². The van der Waals surface area contributed by atoms with Crippen molar-refractivity contribution in [3.8, 4) is 0 Å². The van der Waals surface area contributed by atoms with Gasteiger partial charge < -0.3 is 20.1 Å². The predicted molar refractivity (Wildman–Crippen MR) is 110 cm³/mol. The van der Waals surface area contributed by atoms with Gasteiger partial charge in [-0.1, -0.05) is 0 Å². The average molecular weight is 410 g/mol. The molecule has 0 radical (unpaired) electrons. The fourth-order valence-corrected chi connectivity index (χ4v) is 3.28. The van der Waals surface area contributed by atoms with Crippen molar-refractivity contribution in [2.75, 3.05) is 13.1 Å². The van der Waals surface area contributed by atoms with E-state index in [1.54, 1.807) is 9.58 Å². The Morgan fingerprint density at radius 1 is 1.38 bits per heavy atom. The SMILES string of the molecule is CCNC(=NCc1ncnn1C)NCC1C(C)OC(C)(C)N1C(=O)OC(C)(C)C. The van der Waals surface area contributed by atoms with Crippen molar-refractivity contribution in [2.24, 2.45) is 12.0 Å². The number of nitrogens with zero attached hydrogens (tertiary/aromatic N) is 5. The number of ether oxygens (including phenoxy) is 2. The summed E-state index contributed by atoms with van der Waals surface area (Å²) in [5.41, 5.74) is -1.34. The lowest BCUT2D eigenvalue weighted by Crippen LogP contribution is -2.54. The average Bonchev–Trinajstić information content (AvgIpc) is 3.07. The van der Waals surface area contributed by atoms with Crippen LogP contribution in [0.3, 0.4) is 0 Å². The highest BCUT2D eigenvalue weighted by atomic mass is 16.6. The van der Waals surface area contributed by atoms with Crippen LogP contribution in [0.5, 0.6) is 0 Å². The molecule has 0 saturated carbocycles. The van der Waals surface area contributed by atoms with E-state index in [9.17, 15) is 4.79 Å². The summed E-state index contributed by atoms with van der Waals surface area (Å²) in [7, 11) is 1.83. The maximum absolute atomic E-state index is 12.9. The highest BCUT2D eigenvalue weighted by molar-refractivity contribution is 5.80. The van der Waals surface area contributed by atoms with Crippen LogP contribution in [0.2, 0.25) is 0 Å². The Bertz CT molecular complexity index is 724. The summed E-state index contributed by atoms with van der Waals surface area (Å²) < 4.78 is 13.3. The number of nitrogens with one attached hydrogen (secondary N) is 2. The fraction of sp³-hybridized carbons (Fsp3) is 0.789. The van der Waals surface area contributed by atoms with Crippen LogP contribution in [0, 0.1) is 0 Å². The molecule has 2 atom stereocenters. The van der Waals surface area contributed by atoms with E-state index in [-0.39, 0.29) is 18.2 Å². The predicted octanol–water partition coefficient (Wildman–Crippen LogP) is 1.63. The van der Waals surface area contributed by atoms with E-state index in [0.29, 0.717) is 25.6 Å².